The number of ether oxygens (including phenoxy) is 3. The Morgan fingerprint density at radius 3 is 2.81 bits per heavy atom. The van der Waals surface area contributed by atoms with Crippen molar-refractivity contribution in [3.05, 3.63) is 28.8 Å². The van der Waals surface area contributed by atoms with E-state index >= 15 is 0 Å². The zero-order chi connectivity index (χ0) is 19.3. The molecule has 1 N–H and O–H groups in total. The number of aliphatic hydroxyl groups is 1. The van der Waals surface area contributed by atoms with Gasteiger partial charge in [0.25, 0.3) is 0 Å². The Morgan fingerprint density at radius 2 is 2.19 bits per heavy atom. The molecule has 1 amide bonds. The summed E-state index contributed by atoms with van der Waals surface area (Å²) in [6, 6.07) is 4.97. The highest BCUT2D eigenvalue weighted by molar-refractivity contribution is 6.31. The van der Waals surface area contributed by atoms with Gasteiger partial charge in [0.05, 0.1) is 18.8 Å². The second kappa shape index (κ2) is 8.93. The van der Waals surface area contributed by atoms with Gasteiger partial charge in [-0.25, -0.2) is 4.79 Å². The maximum absolute atomic E-state index is 12.7. The Bertz CT molecular complexity index is 614. The average Bonchev–Trinajstić information content (AvgIpc) is 2.77. The van der Waals surface area contributed by atoms with Gasteiger partial charge in [0.2, 0.25) is 0 Å². The molecule has 1 saturated heterocycles. The molecule has 0 spiro atoms. The highest BCUT2D eigenvalue weighted by Crippen LogP contribution is 2.33. The van der Waals surface area contributed by atoms with Crippen LogP contribution in [0.15, 0.2) is 18.2 Å². The van der Waals surface area contributed by atoms with E-state index in [1.54, 1.807) is 24.0 Å². The summed E-state index contributed by atoms with van der Waals surface area (Å²) in [4.78, 5) is 14.3. The van der Waals surface area contributed by atoms with Crippen molar-refractivity contribution in [1.82, 2.24) is 4.90 Å². The third kappa shape index (κ3) is 6.04. The summed E-state index contributed by atoms with van der Waals surface area (Å²) >= 11 is 6.46. The zero-order valence-electron chi connectivity index (χ0n) is 15.8. The molecule has 6 nitrogen and oxygen atoms in total. The first kappa shape index (κ1) is 20.8. The molecule has 0 saturated carbocycles. The summed E-state index contributed by atoms with van der Waals surface area (Å²) in [7, 11) is 0. The fraction of sp³-hybridized carbons (Fsp3) is 0.632. The summed E-state index contributed by atoms with van der Waals surface area (Å²) in [6.45, 7) is 8.84. The molecule has 1 fully saturated rings. The minimum absolute atomic E-state index is 0.187. The van der Waals surface area contributed by atoms with Crippen LogP contribution in [0.25, 0.3) is 0 Å². The van der Waals surface area contributed by atoms with E-state index in [2.05, 4.69) is 0 Å². The van der Waals surface area contributed by atoms with Gasteiger partial charge in [-0.1, -0.05) is 17.7 Å². The standard InChI is InChI=1S/C19H28ClNO5/c1-13(22)11-25-14-6-7-15(16(20)10-14)17-12-24-9-5-8-21(17)18(23)26-19(2,3)4/h6-7,10,13,17,22H,5,8-9,11-12H2,1-4H3/t13-,17?/m1/s1. The summed E-state index contributed by atoms with van der Waals surface area (Å²) < 4.78 is 16.7. The van der Waals surface area contributed by atoms with Crippen LogP contribution in [0, 0.1) is 0 Å². The molecule has 7 heteroatoms. The van der Waals surface area contributed by atoms with Gasteiger partial charge >= 0.3 is 6.09 Å². The minimum Gasteiger partial charge on any atom is -0.491 e. The van der Waals surface area contributed by atoms with Crippen LogP contribution in [0.5, 0.6) is 5.75 Å². The van der Waals surface area contributed by atoms with Crippen LogP contribution in [0.4, 0.5) is 4.79 Å². The van der Waals surface area contributed by atoms with E-state index < -0.39 is 11.7 Å². The molecule has 1 aliphatic heterocycles. The molecule has 2 rings (SSSR count). The molecule has 1 unspecified atom stereocenters. The van der Waals surface area contributed by atoms with E-state index in [1.807, 2.05) is 26.8 Å². The Balaban J connectivity index is 2.22. The number of hydrogen-bond acceptors (Lipinski definition) is 5. The third-order valence-electron chi connectivity index (χ3n) is 3.79. The number of rotatable bonds is 4. The van der Waals surface area contributed by atoms with Crippen LogP contribution in [0.2, 0.25) is 5.02 Å². The fourth-order valence-corrected chi connectivity index (χ4v) is 2.96. The first-order chi connectivity index (χ1) is 12.2. The number of nitrogens with zero attached hydrogens (tertiary/aromatic N) is 1. The van der Waals surface area contributed by atoms with Gasteiger partial charge in [-0.3, -0.25) is 4.90 Å². The average molecular weight is 386 g/mol. The second-order valence-corrected chi connectivity index (χ2v) is 7.87. The number of benzene rings is 1. The van der Waals surface area contributed by atoms with E-state index in [-0.39, 0.29) is 18.7 Å². The zero-order valence-corrected chi connectivity index (χ0v) is 16.6. The normalized spacial score (nSPS) is 19.6. The van der Waals surface area contributed by atoms with Crippen LogP contribution in [-0.2, 0) is 9.47 Å². The van der Waals surface area contributed by atoms with E-state index in [1.165, 1.54) is 0 Å². The van der Waals surface area contributed by atoms with E-state index in [0.29, 0.717) is 30.5 Å². The summed E-state index contributed by atoms with van der Waals surface area (Å²) in [6.07, 6.45) is -0.201. The molecule has 0 aromatic heterocycles. The van der Waals surface area contributed by atoms with Crippen molar-refractivity contribution in [2.24, 2.45) is 0 Å². The number of carbonyl (C=O) groups excluding carboxylic acids is 1. The fourth-order valence-electron chi connectivity index (χ4n) is 2.66. The van der Waals surface area contributed by atoms with Crippen molar-refractivity contribution in [3.63, 3.8) is 0 Å². The van der Waals surface area contributed by atoms with Crippen LogP contribution >= 0.6 is 11.6 Å². The van der Waals surface area contributed by atoms with Gasteiger partial charge in [0.1, 0.15) is 18.0 Å². The largest absolute Gasteiger partial charge is 0.491 e. The van der Waals surface area contributed by atoms with Gasteiger partial charge in [-0.2, -0.15) is 0 Å². The number of halogens is 1. The van der Waals surface area contributed by atoms with Crippen molar-refractivity contribution in [1.29, 1.82) is 0 Å². The van der Waals surface area contributed by atoms with Crippen LogP contribution in [0.3, 0.4) is 0 Å². The van der Waals surface area contributed by atoms with Gasteiger partial charge < -0.3 is 19.3 Å². The van der Waals surface area contributed by atoms with Crippen molar-refractivity contribution in [2.75, 3.05) is 26.4 Å². The number of aliphatic hydroxyl groups excluding tert-OH is 1. The topological polar surface area (TPSA) is 68.2 Å². The van der Waals surface area contributed by atoms with E-state index in [4.69, 9.17) is 25.8 Å². The van der Waals surface area contributed by atoms with Crippen molar-refractivity contribution >= 4 is 17.7 Å². The highest BCUT2D eigenvalue weighted by Gasteiger charge is 2.32. The molecule has 1 aromatic rings. The molecule has 1 aliphatic rings. The lowest BCUT2D eigenvalue weighted by molar-refractivity contribution is 0.0119. The summed E-state index contributed by atoms with van der Waals surface area (Å²) in [5, 5.41) is 9.81. The lowest BCUT2D eigenvalue weighted by Crippen LogP contribution is -2.40. The molecule has 1 aromatic carbocycles. The highest BCUT2D eigenvalue weighted by atomic mass is 35.5. The van der Waals surface area contributed by atoms with Crippen LogP contribution < -0.4 is 4.74 Å². The predicted octanol–water partition coefficient (Wildman–Crippen LogP) is 3.80. The van der Waals surface area contributed by atoms with Crippen LogP contribution in [0.1, 0.15) is 45.7 Å². The smallest absolute Gasteiger partial charge is 0.410 e. The van der Waals surface area contributed by atoms with Crippen molar-refractivity contribution < 1.29 is 24.1 Å². The van der Waals surface area contributed by atoms with Crippen molar-refractivity contribution in [2.45, 2.75) is 51.9 Å². The Hall–Kier alpha value is -1.50. The molecular weight excluding hydrogens is 358 g/mol. The maximum Gasteiger partial charge on any atom is 0.410 e. The summed E-state index contributed by atoms with van der Waals surface area (Å²) in [5.74, 6) is 0.568. The van der Waals surface area contributed by atoms with Gasteiger partial charge in [0.15, 0.2) is 0 Å². The van der Waals surface area contributed by atoms with Gasteiger partial charge in [0, 0.05) is 18.2 Å². The van der Waals surface area contributed by atoms with Crippen molar-refractivity contribution in [3.8, 4) is 5.75 Å². The first-order valence-electron chi connectivity index (χ1n) is 8.85. The molecule has 0 bridgehead atoms. The Morgan fingerprint density at radius 1 is 1.46 bits per heavy atom. The number of carbonyl (C=O) groups is 1. The predicted molar refractivity (Wildman–Crippen MR) is 99.7 cm³/mol. The van der Waals surface area contributed by atoms with Crippen LogP contribution in [-0.4, -0.2) is 54.2 Å². The lowest BCUT2D eigenvalue weighted by atomic mass is 10.1. The number of hydrogen-bond donors (Lipinski definition) is 1. The Kier molecular flexibility index (Phi) is 7.15. The lowest BCUT2D eigenvalue weighted by Gasteiger charge is -2.32. The molecule has 0 aliphatic carbocycles. The minimum atomic E-state index is -0.572. The number of amides is 1. The first-order valence-corrected chi connectivity index (χ1v) is 9.23. The maximum atomic E-state index is 12.7. The molecular formula is C19H28ClNO5. The van der Waals surface area contributed by atoms with E-state index in [9.17, 15) is 9.90 Å². The molecule has 146 valence electrons. The van der Waals surface area contributed by atoms with Gasteiger partial charge in [-0.15, -0.1) is 0 Å². The molecule has 2 atom stereocenters. The van der Waals surface area contributed by atoms with E-state index in [0.717, 1.165) is 12.0 Å². The summed E-state index contributed by atoms with van der Waals surface area (Å²) in [5.41, 5.74) is 0.209. The third-order valence-corrected chi connectivity index (χ3v) is 4.12. The SMILES string of the molecule is C[C@@H](O)COc1ccc(C2COCCCN2C(=O)OC(C)(C)C)c(Cl)c1. The van der Waals surface area contributed by atoms with Gasteiger partial charge in [-0.05, 0) is 51.8 Å². The monoisotopic (exact) mass is 385 g/mol. The molecule has 1 heterocycles. The quantitative estimate of drug-likeness (QED) is 0.853. The molecule has 26 heavy (non-hydrogen) atoms. The second-order valence-electron chi connectivity index (χ2n) is 7.46. The molecule has 0 radical (unpaired) electrons. The Labute approximate surface area is 160 Å².